The van der Waals surface area contributed by atoms with Crippen molar-refractivity contribution in [1.29, 1.82) is 5.26 Å². The fourth-order valence-corrected chi connectivity index (χ4v) is 1.79. The number of nitriles is 1. The molecule has 0 aliphatic heterocycles. The van der Waals surface area contributed by atoms with Gasteiger partial charge in [0.25, 0.3) is 5.91 Å². The number of carbonyl (C=O) groups excluding carboxylic acids is 1. The van der Waals surface area contributed by atoms with E-state index in [1.165, 1.54) is 4.90 Å². The van der Waals surface area contributed by atoms with Gasteiger partial charge in [0.05, 0.1) is 31.8 Å². The molecule has 104 valence electrons. The van der Waals surface area contributed by atoms with Crippen molar-refractivity contribution in [1.82, 2.24) is 4.90 Å². The molecule has 0 unspecified atom stereocenters. The van der Waals surface area contributed by atoms with E-state index in [1.807, 2.05) is 6.07 Å². The molecule has 2 heterocycles. The molecule has 0 aliphatic rings. The van der Waals surface area contributed by atoms with Gasteiger partial charge in [-0.2, -0.15) is 5.26 Å². The molecule has 0 atom stereocenters. The second-order valence-corrected chi connectivity index (χ2v) is 4.18. The van der Waals surface area contributed by atoms with Crippen LogP contribution >= 0.6 is 0 Å². The Morgan fingerprint density at radius 3 is 2.80 bits per heavy atom. The minimum Gasteiger partial charge on any atom is -0.467 e. The number of carbonyl (C=O) groups is 1. The molecule has 1 amide bonds. The van der Waals surface area contributed by atoms with Gasteiger partial charge in [-0.15, -0.1) is 0 Å². The van der Waals surface area contributed by atoms with Gasteiger partial charge in [0.2, 0.25) is 0 Å². The van der Waals surface area contributed by atoms with Crippen LogP contribution in [0.1, 0.15) is 28.5 Å². The Balaban J connectivity index is 2.12. The lowest BCUT2D eigenvalue weighted by molar-refractivity contribution is 0.0701. The molecule has 6 heteroatoms. The van der Waals surface area contributed by atoms with Gasteiger partial charge < -0.3 is 19.5 Å². The van der Waals surface area contributed by atoms with Crippen molar-refractivity contribution >= 4 is 5.91 Å². The minimum absolute atomic E-state index is 0.218. The van der Waals surface area contributed by atoms with Crippen LogP contribution in [0.3, 0.4) is 0 Å². The van der Waals surface area contributed by atoms with Crippen LogP contribution in [0.5, 0.6) is 0 Å². The quantitative estimate of drug-likeness (QED) is 0.866. The number of rotatable bonds is 6. The summed E-state index contributed by atoms with van der Waals surface area (Å²) in [6.45, 7) is 0.852. The fraction of sp³-hybridized carbons (Fsp3) is 0.286. The molecular weight excluding hydrogens is 258 g/mol. The highest BCUT2D eigenvalue weighted by atomic mass is 16.4. The van der Waals surface area contributed by atoms with Crippen molar-refractivity contribution in [2.45, 2.75) is 19.5 Å². The normalized spacial score (nSPS) is 10.2. The Bertz CT molecular complexity index is 595. The molecule has 0 radical (unpaired) electrons. The van der Waals surface area contributed by atoms with Crippen LogP contribution in [0.2, 0.25) is 0 Å². The standard InChI is InChI=1S/C14H15N3O3/c15-6-2-7-17(10-12-3-1-8-19-12)14(18)13-5-4-11(9-16)20-13/h1,3-5,8H,2,7,9-10,16H2. The predicted molar refractivity (Wildman–Crippen MR) is 70.3 cm³/mol. The van der Waals surface area contributed by atoms with E-state index >= 15 is 0 Å². The molecule has 0 aromatic carbocycles. The molecule has 6 nitrogen and oxygen atoms in total. The topological polar surface area (TPSA) is 96.4 Å². The lowest BCUT2D eigenvalue weighted by Crippen LogP contribution is -2.31. The Morgan fingerprint density at radius 2 is 2.20 bits per heavy atom. The van der Waals surface area contributed by atoms with Crippen LogP contribution in [0, 0.1) is 11.3 Å². The zero-order valence-corrected chi connectivity index (χ0v) is 10.9. The number of nitrogens with zero attached hydrogens (tertiary/aromatic N) is 2. The highest BCUT2D eigenvalue weighted by molar-refractivity contribution is 5.91. The zero-order valence-electron chi connectivity index (χ0n) is 10.9. The van der Waals surface area contributed by atoms with Crippen molar-refractivity contribution in [2.75, 3.05) is 6.54 Å². The van der Waals surface area contributed by atoms with Crippen molar-refractivity contribution in [3.63, 3.8) is 0 Å². The average molecular weight is 273 g/mol. The lowest BCUT2D eigenvalue weighted by Gasteiger charge is -2.19. The van der Waals surface area contributed by atoms with E-state index < -0.39 is 0 Å². The van der Waals surface area contributed by atoms with Crippen molar-refractivity contribution in [2.24, 2.45) is 5.73 Å². The Kier molecular flexibility index (Phi) is 4.58. The van der Waals surface area contributed by atoms with Crippen molar-refractivity contribution in [3.05, 3.63) is 47.8 Å². The van der Waals surface area contributed by atoms with Crippen molar-refractivity contribution < 1.29 is 13.6 Å². The molecule has 2 rings (SSSR count). The number of amides is 1. The molecule has 0 saturated carbocycles. The first-order chi connectivity index (χ1) is 9.74. The van der Waals surface area contributed by atoms with Gasteiger partial charge in [0, 0.05) is 6.54 Å². The van der Waals surface area contributed by atoms with Gasteiger partial charge in [-0.05, 0) is 24.3 Å². The van der Waals surface area contributed by atoms with Gasteiger partial charge in [-0.1, -0.05) is 0 Å². The van der Waals surface area contributed by atoms with Crippen LogP contribution < -0.4 is 5.73 Å². The highest BCUT2D eigenvalue weighted by Crippen LogP contribution is 2.14. The van der Waals surface area contributed by atoms with Crippen LogP contribution in [-0.2, 0) is 13.1 Å². The summed E-state index contributed by atoms with van der Waals surface area (Å²) in [5.74, 6) is 1.14. The predicted octanol–water partition coefficient (Wildman–Crippen LogP) is 1.89. The van der Waals surface area contributed by atoms with Gasteiger partial charge in [-0.3, -0.25) is 4.79 Å². The Hall–Kier alpha value is -2.52. The average Bonchev–Trinajstić information content (AvgIpc) is 3.13. The number of furan rings is 2. The zero-order chi connectivity index (χ0) is 14.4. The first-order valence-corrected chi connectivity index (χ1v) is 6.22. The minimum atomic E-state index is -0.281. The van der Waals surface area contributed by atoms with Gasteiger partial charge in [-0.25, -0.2) is 0 Å². The van der Waals surface area contributed by atoms with Crippen LogP contribution in [0.15, 0.2) is 39.4 Å². The molecule has 20 heavy (non-hydrogen) atoms. The first kappa shape index (κ1) is 13.9. The number of hydrogen-bond acceptors (Lipinski definition) is 5. The third kappa shape index (κ3) is 3.28. The van der Waals surface area contributed by atoms with Crippen LogP contribution in [-0.4, -0.2) is 17.4 Å². The molecule has 2 aromatic rings. The van der Waals surface area contributed by atoms with E-state index in [0.29, 0.717) is 24.6 Å². The Labute approximate surface area is 116 Å². The molecule has 0 spiro atoms. The summed E-state index contributed by atoms with van der Waals surface area (Å²) < 4.78 is 10.6. The summed E-state index contributed by atoms with van der Waals surface area (Å²) in [7, 11) is 0. The molecular formula is C14H15N3O3. The third-order valence-electron chi connectivity index (χ3n) is 2.78. The van der Waals surface area contributed by atoms with E-state index in [-0.39, 0.29) is 24.6 Å². The maximum atomic E-state index is 12.3. The smallest absolute Gasteiger partial charge is 0.290 e. The van der Waals surface area contributed by atoms with E-state index in [4.69, 9.17) is 19.8 Å². The summed E-state index contributed by atoms with van der Waals surface area (Å²) >= 11 is 0. The van der Waals surface area contributed by atoms with E-state index in [1.54, 1.807) is 30.5 Å². The van der Waals surface area contributed by atoms with E-state index in [0.717, 1.165) is 0 Å². The number of hydrogen-bond donors (Lipinski definition) is 1. The lowest BCUT2D eigenvalue weighted by atomic mass is 10.3. The monoisotopic (exact) mass is 273 g/mol. The molecule has 0 bridgehead atoms. The largest absolute Gasteiger partial charge is 0.467 e. The summed E-state index contributed by atoms with van der Waals surface area (Å²) in [4.78, 5) is 13.9. The molecule has 2 aromatic heterocycles. The molecule has 2 N–H and O–H groups in total. The summed E-state index contributed by atoms with van der Waals surface area (Å²) in [6, 6.07) is 8.81. The van der Waals surface area contributed by atoms with Gasteiger partial charge in [0.1, 0.15) is 11.5 Å². The maximum Gasteiger partial charge on any atom is 0.290 e. The SMILES string of the molecule is N#CCCN(Cc1ccco1)C(=O)c1ccc(CN)o1. The van der Waals surface area contributed by atoms with Crippen LogP contribution in [0.25, 0.3) is 0 Å². The fourth-order valence-electron chi connectivity index (χ4n) is 1.79. The summed E-state index contributed by atoms with van der Waals surface area (Å²) in [6.07, 6.45) is 1.79. The van der Waals surface area contributed by atoms with Crippen molar-refractivity contribution in [3.8, 4) is 6.07 Å². The molecule has 0 saturated heterocycles. The number of nitrogens with two attached hydrogens (primary N) is 1. The Morgan fingerprint density at radius 1 is 1.35 bits per heavy atom. The van der Waals surface area contributed by atoms with Crippen LogP contribution in [0.4, 0.5) is 0 Å². The van der Waals surface area contributed by atoms with Gasteiger partial charge >= 0.3 is 0 Å². The van der Waals surface area contributed by atoms with E-state index in [2.05, 4.69) is 0 Å². The second kappa shape index (κ2) is 6.59. The summed E-state index contributed by atoms with van der Waals surface area (Å²) in [5, 5.41) is 8.68. The first-order valence-electron chi connectivity index (χ1n) is 6.22. The maximum absolute atomic E-state index is 12.3. The second-order valence-electron chi connectivity index (χ2n) is 4.18. The van der Waals surface area contributed by atoms with E-state index in [9.17, 15) is 4.79 Å². The third-order valence-corrected chi connectivity index (χ3v) is 2.78. The van der Waals surface area contributed by atoms with Gasteiger partial charge in [0.15, 0.2) is 5.76 Å². The summed E-state index contributed by atoms with van der Waals surface area (Å²) in [5.41, 5.74) is 5.45. The molecule has 0 aliphatic carbocycles. The highest BCUT2D eigenvalue weighted by Gasteiger charge is 2.20. The molecule has 0 fully saturated rings.